The van der Waals surface area contributed by atoms with Gasteiger partial charge in [-0.05, 0) is 42.5 Å². The maximum atomic E-state index is 13.2. The van der Waals surface area contributed by atoms with Gasteiger partial charge >= 0.3 is 0 Å². The molecule has 3 aromatic carbocycles. The summed E-state index contributed by atoms with van der Waals surface area (Å²) in [5.41, 5.74) is 1.45. The van der Waals surface area contributed by atoms with Crippen LogP contribution in [0.1, 0.15) is 0 Å². The predicted octanol–water partition coefficient (Wildman–Crippen LogP) is 5.42. The molecule has 0 bridgehead atoms. The topological polar surface area (TPSA) is 64.0 Å². The van der Waals surface area contributed by atoms with Crippen LogP contribution < -0.4 is 10.9 Å². The molecule has 5 nitrogen and oxygen atoms in total. The molecule has 0 aliphatic carbocycles. The molecule has 1 N–H and O–H groups in total. The number of rotatable bonds is 5. The lowest BCUT2D eigenvalue weighted by Crippen LogP contribution is -2.23. The highest BCUT2D eigenvalue weighted by molar-refractivity contribution is 7.99. The Hall–Kier alpha value is -2.80. The van der Waals surface area contributed by atoms with Crippen LogP contribution in [0.25, 0.3) is 16.6 Å². The summed E-state index contributed by atoms with van der Waals surface area (Å²) < 4.78 is 1.47. The predicted molar refractivity (Wildman–Crippen MR) is 123 cm³/mol. The minimum atomic E-state index is -0.256. The van der Waals surface area contributed by atoms with E-state index in [1.807, 2.05) is 6.07 Å². The number of anilines is 1. The Morgan fingerprint density at radius 1 is 1.00 bits per heavy atom. The largest absolute Gasteiger partial charge is 0.324 e. The van der Waals surface area contributed by atoms with Crippen LogP contribution in [0.5, 0.6) is 0 Å². The van der Waals surface area contributed by atoms with Crippen LogP contribution in [0.15, 0.2) is 82.7 Å². The first-order valence-electron chi connectivity index (χ1n) is 8.98. The van der Waals surface area contributed by atoms with Crippen LogP contribution in [0.2, 0.25) is 10.0 Å². The molecule has 4 aromatic rings. The minimum Gasteiger partial charge on any atom is -0.324 e. The number of hydrogen-bond donors (Lipinski definition) is 1. The van der Waals surface area contributed by atoms with E-state index in [1.165, 1.54) is 4.57 Å². The van der Waals surface area contributed by atoms with Gasteiger partial charge in [0, 0.05) is 5.02 Å². The van der Waals surface area contributed by atoms with Crippen molar-refractivity contribution in [3.63, 3.8) is 0 Å². The van der Waals surface area contributed by atoms with Crippen molar-refractivity contribution in [2.75, 3.05) is 11.1 Å². The number of carbonyl (C=O) groups is 1. The fourth-order valence-corrected chi connectivity index (χ4v) is 4.11. The molecule has 150 valence electrons. The summed E-state index contributed by atoms with van der Waals surface area (Å²) in [5, 5.41) is 4.61. The fourth-order valence-electron chi connectivity index (χ4n) is 2.93. The molecule has 1 aromatic heterocycles. The van der Waals surface area contributed by atoms with E-state index in [2.05, 4.69) is 10.3 Å². The molecule has 0 saturated heterocycles. The molecule has 0 aliphatic rings. The number of hydrogen-bond acceptors (Lipinski definition) is 4. The number of carbonyl (C=O) groups excluding carboxylic acids is 1. The number of nitrogens with one attached hydrogen (secondary N) is 1. The molecule has 4 rings (SSSR count). The summed E-state index contributed by atoms with van der Waals surface area (Å²) in [6.45, 7) is 0. The van der Waals surface area contributed by atoms with Gasteiger partial charge < -0.3 is 5.32 Å². The van der Waals surface area contributed by atoms with Crippen LogP contribution in [0.4, 0.5) is 5.69 Å². The van der Waals surface area contributed by atoms with Crippen molar-refractivity contribution in [1.29, 1.82) is 0 Å². The second-order valence-corrected chi connectivity index (χ2v) is 8.13. The average Bonchev–Trinajstić information content (AvgIpc) is 2.74. The highest BCUT2D eigenvalue weighted by Gasteiger charge is 2.15. The van der Waals surface area contributed by atoms with Crippen LogP contribution in [-0.2, 0) is 4.79 Å². The summed E-state index contributed by atoms with van der Waals surface area (Å²) in [5.74, 6) is -0.204. The van der Waals surface area contributed by atoms with Crippen molar-refractivity contribution in [3.05, 3.63) is 93.2 Å². The normalized spacial score (nSPS) is 10.9. The fraction of sp³-hybridized carbons (Fsp3) is 0.0455. The van der Waals surface area contributed by atoms with Crippen molar-refractivity contribution in [3.8, 4) is 5.69 Å². The van der Waals surface area contributed by atoms with Gasteiger partial charge in [0.05, 0.1) is 33.1 Å². The van der Waals surface area contributed by atoms with Crippen molar-refractivity contribution < 1.29 is 4.79 Å². The molecule has 0 unspecified atom stereocenters. The van der Waals surface area contributed by atoms with Gasteiger partial charge in [0.25, 0.3) is 5.56 Å². The van der Waals surface area contributed by atoms with Gasteiger partial charge in [-0.15, -0.1) is 0 Å². The Morgan fingerprint density at radius 2 is 1.77 bits per heavy atom. The van der Waals surface area contributed by atoms with Crippen molar-refractivity contribution >= 4 is 57.5 Å². The van der Waals surface area contributed by atoms with Crippen LogP contribution in [0, 0.1) is 0 Å². The number of aromatic nitrogens is 2. The molecule has 30 heavy (non-hydrogen) atoms. The number of amides is 1. The number of benzene rings is 3. The van der Waals surface area contributed by atoms with E-state index in [-0.39, 0.29) is 17.2 Å². The van der Waals surface area contributed by atoms with Gasteiger partial charge in [-0.3, -0.25) is 14.2 Å². The Bertz CT molecular complexity index is 1310. The monoisotopic (exact) mass is 455 g/mol. The Labute approximate surface area is 186 Å². The minimum absolute atomic E-state index is 0.0522. The van der Waals surface area contributed by atoms with E-state index in [0.717, 1.165) is 11.8 Å². The molecule has 0 spiro atoms. The molecule has 0 radical (unpaired) electrons. The lowest BCUT2D eigenvalue weighted by molar-refractivity contribution is -0.113. The number of nitrogens with zero attached hydrogens (tertiary/aromatic N) is 2. The number of thioether (sulfide) groups is 1. The first kappa shape index (κ1) is 20.5. The van der Waals surface area contributed by atoms with E-state index >= 15 is 0 Å². The molecular weight excluding hydrogens is 441 g/mol. The number of fused-ring (bicyclic) bond motifs is 1. The summed E-state index contributed by atoms with van der Waals surface area (Å²) in [6, 6.07) is 21.1. The first-order valence-corrected chi connectivity index (χ1v) is 10.7. The molecule has 1 heterocycles. The van der Waals surface area contributed by atoms with Gasteiger partial charge in [0.2, 0.25) is 5.91 Å². The number of halogens is 2. The number of para-hydroxylation sites is 2. The van der Waals surface area contributed by atoms with Gasteiger partial charge in [0.1, 0.15) is 0 Å². The van der Waals surface area contributed by atoms with Crippen molar-refractivity contribution in [1.82, 2.24) is 9.55 Å². The average molecular weight is 456 g/mol. The maximum absolute atomic E-state index is 13.2. The van der Waals surface area contributed by atoms with Gasteiger partial charge in [-0.25, -0.2) is 4.98 Å². The lowest BCUT2D eigenvalue weighted by atomic mass is 10.2. The highest BCUT2D eigenvalue weighted by atomic mass is 35.5. The molecule has 0 saturated carbocycles. The van der Waals surface area contributed by atoms with E-state index < -0.39 is 0 Å². The quantitative estimate of drug-likeness (QED) is 0.322. The molecule has 1 amide bonds. The Balaban J connectivity index is 1.69. The molecule has 8 heteroatoms. The van der Waals surface area contributed by atoms with Gasteiger partial charge in [0.15, 0.2) is 5.16 Å². The third-order valence-corrected chi connectivity index (χ3v) is 5.79. The smallest absolute Gasteiger partial charge is 0.266 e. The van der Waals surface area contributed by atoms with E-state index in [1.54, 1.807) is 66.7 Å². The van der Waals surface area contributed by atoms with Crippen molar-refractivity contribution in [2.45, 2.75) is 5.16 Å². The molecular formula is C22H15Cl2N3O2S. The zero-order valence-electron chi connectivity index (χ0n) is 15.5. The summed E-state index contributed by atoms with van der Waals surface area (Å²) in [6.07, 6.45) is 0. The van der Waals surface area contributed by atoms with Crippen LogP contribution in [0.3, 0.4) is 0 Å². The van der Waals surface area contributed by atoms with E-state index in [0.29, 0.717) is 37.5 Å². The summed E-state index contributed by atoms with van der Waals surface area (Å²) >= 11 is 13.4. The maximum Gasteiger partial charge on any atom is 0.266 e. The van der Waals surface area contributed by atoms with E-state index in [9.17, 15) is 9.59 Å². The molecule has 0 atom stereocenters. The summed E-state index contributed by atoms with van der Waals surface area (Å²) in [4.78, 5) is 30.3. The standard InChI is InChI=1S/C22H15Cl2N3O2S/c23-14-6-5-7-15(12-14)27-21(29)16-8-1-3-10-18(16)26-22(27)30-13-20(28)25-19-11-4-2-9-17(19)24/h1-12H,13H2,(H,25,28). The van der Waals surface area contributed by atoms with E-state index in [4.69, 9.17) is 23.2 Å². The SMILES string of the molecule is O=C(CSc1nc2ccccc2c(=O)n1-c1cccc(Cl)c1)Nc1ccccc1Cl. The third kappa shape index (κ3) is 4.36. The summed E-state index contributed by atoms with van der Waals surface area (Å²) in [7, 11) is 0. The zero-order valence-corrected chi connectivity index (χ0v) is 17.8. The Morgan fingerprint density at radius 3 is 2.57 bits per heavy atom. The third-order valence-electron chi connectivity index (χ3n) is 4.29. The van der Waals surface area contributed by atoms with Crippen LogP contribution in [-0.4, -0.2) is 21.2 Å². The van der Waals surface area contributed by atoms with Gasteiger partial charge in [-0.1, -0.05) is 65.3 Å². The second-order valence-electron chi connectivity index (χ2n) is 6.35. The highest BCUT2D eigenvalue weighted by Crippen LogP contribution is 2.24. The molecule has 0 aliphatic heterocycles. The molecule has 0 fully saturated rings. The lowest BCUT2D eigenvalue weighted by Gasteiger charge is -2.13. The van der Waals surface area contributed by atoms with Crippen LogP contribution >= 0.6 is 35.0 Å². The second kappa shape index (κ2) is 8.92. The van der Waals surface area contributed by atoms with Crippen molar-refractivity contribution in [2.24, 2.45) is 0 Å². The van der Waals surface area contributed by atoms with Gasteiger partial charge in [-0.2, -0.15) is 0 Å². The first-order chi connectivity index (χ1) is 14.5. The zero-order chi connectivity index (χ0) is 21.1. The Kier molecular flexibility index (Phi) is 6.08.